The topological polar surface area (TPSA) is 472 Å². The van der Waals surface area contributed by atoms with Crippen molar-refractivity contribution in [2.24, 2.45) is 11.8 Å². The number of aliphatic hydroxyl groups is 4. The number of esters is 3. The van der Waals surface area contributed by atoms with Crippen molar-refractivity contribution >= 4 is 64.1 Å². The van der Waals surface area contributed by atoms with Gasteiger partial charge in [0.05, 0.1) is 69.8 Å². The minimum atomic E-state index is -2.09. The van der Waals surface area contributed by atoms with Crippen molar-refractivity contribution in [3.8, 4) is 53.3 Å². The number of ether oxygens (including phenoxy) is 10. The number of hydrogen-bond acceptors (Lipinski definition) is 28. The van der Waals surface area contributed by atoms with Crippen molar-refractivity contribution in [1.82, 2.24) is 14.9 Å². The highest BCUT2D eigenvalue weighted by Crippen LogP contribution is 2.47. The first-order chi connectivity index (χ1) is 49.3. The molecule has 1 aliphatic carbocycles. The van der Waals surface area contributed by atoms with Crippen LogP contribution in [0.2, 0.25) is 0 Å². The summed E-state index contributed by atoms with van der Waals surface area (Å²) in [7, 11) is 1.18. The number of aryl methyl sites for hydroxylation is 1. The zero-order chi connectivity index (χ0) is 75.7. The molecule has 34 nitrogen and oxygen atoms in total. The lowest BCUT2D eigenvalue weighted by Gasteiger charge is -2.42. The van der Waals surface area contributed by atoms with Gasteiger partial charge in [-0.15, -0.1) is 24.7 Å². The summed E-state index contributed by atoms with van der Waals surface area (Å²) in [6.07, 6.45) is -7.23. The maximum atomic E-state index is 15.4. The second kappa shape index (κ2) is 30.5. The Morgan fingerprint density at radius 2 is 1.41 bits per heavy atom. The molecule has 11 rings (SSSR count). The van der Waals surface area contributed by atoms with Gasteiger partial charge in [-0.25, -0.2) is 33.3 Å². The molecule has 1 amide bonds. The number of methoxy groups -OCH3 is 1. The second-order valence-corrected chi connectivity index (χ2v) is 24.6. The van der Waals surface area contributed by atoms with E-state index in [2.05, 4.69) is 17.2 Å². The molecule has 6 heterocycles. The molecule has 0 saturated carbocycles. The first kappa shape index (κ1) is 74.9. The molecule has 14 atom stereocenters. The van der Waals surface area contributed by atoms with E-state index in [9.17, 15) is 89.4 Å². The van der Waals surface area contributed by atoms with Gasteiger partial charge >= 0.3 is 47.5 Å². The number of nitrogens with zero attached hydrogens (tertiary/aromatic N) is 5. The number of rotatable bonds is 19. The van der Waals surface area contributed by atoms with Gasteiger partial charge in [0, 0.05) is 70.8 Å². The maximum absolute atomic E-state index is 15.4. The Kier molecular flexibility index (Phi) is 21.9. The molecule has 12 unspecified atom stereocenters. The van der Waals surface area contributed by atoms with Crippen LogP contribution in [0.3, 0.4) is 0 Å². The lowest BCUT2D eigenvalue weighted by molar-refractivity contribution is -0.387. The molecule has 0 bridgehead atoms. The molecule has 0 spiro atoms. The van der Waals surface area contributed by atoms with Crippen LogP contribution in [-0.2, 0) is 77.5 Å². The monoisotopic (exact) mass is 1440 g/mol. The highest BCUT2D eigenvalue weighted by atomic mass is 19.1. The Morgan fingerprint density at radius 1 is 0.808 bits per heavy atom. The van der Waals surface area contributed by atoms with Gasteiger partial charge in [-0.3, -0.25) is 39.9 Å². The Bertz CT molecular complexity index is 4650. The van der Waals surface area contributed by atoms with Crippen LogP contribution in [0.25, 0.3) is 22.3 Å². The van der Waals surface area contributed by atoms with Crippen LogP contribution in [0, 0.1) is 79.6 Å². The van der Waals surface area contributed by atoms with Crippen molar-refractivity contribution in [3.63, 3.8) is 0 Å². The van der Waals surface area contributed by atoms with E-state index in [1.54, 1.807) is 27.7 Å². The Balaban J connectivity index is 0.000000238. The van der Waals surface area contributed by atoms with Gasteiger partial charge in [0.2, 0.25) is 12.6 Å². The molecule has 2 fully saturated rings. The summed E-state index contributed by atoms with van der Waals surface area (Å²) in [6.45, 7) is 7.42. The molecule has 546 valence electrons. The van der Waals surface area contributed by atoms with E-state index in [1.807, 2.05) is 0 Å². The van der Waals surface area contributed by atoms with E-state index in [1.165, 1.54) is 61.1 Å². The SMILES string of the molecule is C#CCC(OC(=O)N[C@@H]1CCc2c(C)c(F)cc3nc4c(c1c23)Cn1c-4cc2c(c1=O)COC(=O)[C@@]2(O)CC)c1ccc(OC2OC(C(=O)O)C(O)C(O)C2O)c([N+](=O)[O-])c1.C#CCC(OC(=O)Oc1ccc([N+](=O)[O-])cc1)c1ccc(OC2OC(C(=O)OC)C(C)C(C)C2OC(C)=O)c([N+](=O)[O-])c1. The normalized spacial score (nSPS) is 23.9. The third-order valence-corrected chi connectivity index (χ3v) is 18.5. The summed E-state index contributed by atoms with van der Waals surface area (Å²) in [6, 6.07) is 13.6. The number of hydrogen-bond donors (Lipinski definition) is 6. The quantitative estimate of drug-likeness (QED) is 0.0126. The van der Waals surface area contributed by atoms with E-state index < -0.39 is 164 Å². The predicted molar refractivity (Wildman–Crippen MR) is 349 cm³/mol. The number of nitrogens with one attached hydrogen (secondary N) is 1. The molecule has 4 aromatic carbocycles. The average Bonchev–Trinajstić information content (AvgIpc) is 1.49. The summed E-state index contributed by atoms with van der Waals surface area (Å²) in [5.74, 6) is -1.57. The van der Waals surface area contributed by atoms with Gasteiger partial charge in [0.15, 0.2) is 35.4 Å². The number of nitro benzene ring substituents is 3. The third kappa shape index (κ3) is 14.7. The second-order valence-electron chi connectivity index (χ2n) is 24.6. The van der Waals surface area contributed by atoms with Crippen molar-refractivity contribution in [3.05, 3.63) is 164 Å². The van der Waals surface area contributed by atoms with Gasteiger partial charge in [0.25, 0.3) is 11.2 Å². The van der Waals surface area contributed by atoms with E-state index >= 15 is 4.39 Å². The van der Waals surface area contributed by atoms with E-state index in [0.29, 0.717) is 34.1 Å². The fraction of sp³-hybridized carbons (Fsp3) is 0.391. The van der Waals surface area contributed by atoms with Gasteiger partial charge in [-0.1, -0.05) is 32.9 Å². The number of non-ortho nitro benzene ring substituents is 1. The van der Waals surface area contributed by atoms with E-state index in [-0.39, 0.29) is 95.2 Å². The number of carbonyl (C=O) groups is 6. The number of carboxylic acid groups (broad SMARTS) is 1. The number of aromatic nitrogens is 2. The summed E-state index contributed by atoms with van der Waals surface area (Å²) in [4.78, 5) is 126. The molecule has 4 aliphatic heterocycles. The van der Waals surface area contributed by atoms with Crippen LogP contribution in [0.5, 0.6) is 17.2 Å². The minimum Gasteiger partial charge on any atom is -0.479 e. The number of carboxylic acids is 1. The number of carbonyl (C=O) groups excluding carboxylic acids is 5. The van der Waals surface area contributed by atoms with Gasteiger partial charge < -0.3 is 82.8 Å². The smallest absolute Gasteiger partial charge is 0.479 e. The van der Waals surface area contributed by atoms with Crippen LogP contribution in [0.4, 0.5) is 31.0 Å². The lowest BCUT2D eigenvalue weighted by Crippen LogP contribution is -2.61. The van der Waals surface area contributed by atoms with Crippen LogP contribution < -0.4 is 25.1 Å². The number of cyclic esters (lactones) is 1. The zero-order valence-electron chi connectivity index (χ0n) is 55.8. The minimum absolute atomic E-state index is 0.0200. The largest absolute Gasteiger partial charge is 0.514 e. The highest BCUT2D eigenvalue weighted by Gasteiger charge is 2.51. The number of terminal acetylenes is 2. The van der Waals surface area contributed by atoms with Gasteiger partial charge in [0.1, 0.15) is 48.7 Å². The first-order valence-electron chi connectivity index (χ1n) is 31.9. The van der Waals surface area contributed by atoms with Crippen molar-refractivity contribution in [1.29, 1.82) is 0 Å². The summed E-state index contributed by atoms with van der Waals surface area (Å²) in [5.41, 5.74) is -0.877. The van der Waals surface area contributed by atoms with E-state index in [0.717, 1.165) is 30.3 Å². The standard InChI is InChI=1S/C41H37FN4O15.C28H28N2O13/c1-4-6-27(17-7-10-28(25(11-17)46(56)57)59-38-34(49)32(47)33(48)35(61-38)37(51)52)60-40(54)44-23-9-8-18-16(3)22(42)13-24-29(18)30(23)19-14-45-26(31(19)43-24)12-21-20(36(45)50)15-58-39(53)41(21,55)5-2;1-6-7-22(42-28(33)40-20-11-9-19(10-12-20)29(34)35)18-8-13-23(21(14-18)30(36)37)41-27-25(39-17(4)31)16(3)15(2)24(43-27)26(32)38-5/h1,7,10-13,23,27,32-35,38,47-49,55H,5-6,8-9,14-15H2,2-3H3,(H,44,54)(H,51,52);1,8-16,22,24-25,27H,7H2,2-5H3/t23-,27?,32?,33?,34?,35?,38?,41-;/m1./s1. The number of fused-ring (bicyclic) bond motifs is 5. The van der Waals surface area contributed by atoms with E-state index in [4.69, 9.17) is 65.2 Å². The molecular weight excluding hydrogens is 1380 g/mol. The van der Waals surface area contributed by atoms with Gasteiger partial charge in [-0.05, 0) is 79.1 Å². The summed E-state index contributed by atoms with van der Waals surface area (Å²) in [5, 5.41) is 89.8. The zero-order valence-corrected chi connectivity index (χ0v) is 55.8. The number of pyridine rings is 2. The first-order valence-corrected chi connectivity index (χ1v) is 31.9. The average molecular weight is 1450 g/mol. The Hall–Kier alpha value is -11.7. The lowest BCUT2D eigenvalue weighted by atomic mass is 9.81. The number of nitro groups is 3. The number of alkyl carbamates (subject to hydrolysis) is 1. The van der Waals surface area contributed by atoms with Gasteiger partial charge in [-0.2, -0.15) is 0 Å². The molecule has 5 aliphatic rings. The van der Waals surface area contributed by atoms with Crippen molar-refractivity contribution in [2.75, 3.05) is 7.11 Å². The van der Waals surface area contributed by atoms with Crippen LogP contribution >= 0.6 is 0 Å². The molecule has 104 heavy (non-hydrogen) atoms. The Morgan fingerprint density at radius 3 is 1.98 bits per heavy atom. The molecule has 2 saturated heterocycles. The summed E-state index contributed by atoms with van der Waals surface area (Å²) < 4.78 is 70.4. The predicted octanol–water partition coefficient (Wildman–Crippen LogP) is 6.45. The summed E-state index contributed by atoms with van der Waals surface area (Å²) >= 11 is 0. The number of benzene rings is 4. The number of aliphatic carboxylic acids is 1. The van der Waals surface area contributed by atoms with Crippen molar-refractivity contribution in [2.45, 2.75) is 153 Å². The van der Waals surface area contributed by atoms with Crippen molar-refractivity contribution < 1.29 is 121 Å². The maximum Gasteiger partial charge on any atom is 0.514 e. The molecule has 35 heteroatoms. The molecule has 6 aromatic rings. The number of amides is 1. The van der Waals surface area contributed by atoms with Crippen LogP contribution in [-0.4, -0.2) is 142 Å². The molecular formula is C69H65FN6O28. The molecule has 0 radical (unpaired) electrons. The number of halogens is 1. The molecule has 2 aromatic heterocycles. The van der Waals surface area contributed by atoms with Crippen LogP contribution in [0.1, 0.15) is 116 Å². The van der Waals surface area contributed by atoms with Crippen LogP contribution in [0.15, 0.2) is 77.6 Å². The third-order valence-electron chi connectivity index (χ3n) is 18.5. The Labute approximate surface area is 586 Å². The molecule has 6 N–H and O–H groups in total. The fourth-order valence-corrected chi connectivity index (χ4v) is 12.9. The fourth-order valence-electron chi connectivity index (χ4n) is 12.9. The number of aliphatic hydroxyl groups excluding tert-OH is 3. The highest BCUT2D eigenvalue weighted by molar-refractivity contribution is 5.94.